The number of likely N-dealkylation sites (tertiary alicyclic amines) is 1. The molecule has 0 radical (unpaired) electrons. The summed E-state index contributed by atoms with van der Waals surface area (Å²) in [4.78, 5) is 13.8. The van der Waals surface area contributed by atoms with E-state index in [2.05, 4.69) is 6.07 Å². The van der Waals surface area contributed by atoms with Crippen LogP contribution in [0.2, 0.25) is 5.02 Å². The first-order valence-corrected chi connectivity index (χ1v) is 7.83. The molecule has 0 bridgehead atoms. The number of para-hydroxylation sites is 1. The van der Waals surface area contributed by atoms with E-state index in [0.717, 1.165) is 23.6 Å². The first-order valence-electron chi connectivity index (χ1n) is 7.45. The van der Waals surface area contributed by atoms with Gasteiger partial charge in [0.25, 0.3) is 0 Å². The predicted molar refractivity (Wildman–Crippen MR) is 85.7 cm³/mol. The third-order valence-corrected chi connectivity index (χ3v) is 4.91. The third kappa shape index (κ3) is 2.08. The fraction of sp³-hybridized carbons (Fsp3) is 0.278. The lowest BCUT2D eigenvalue weighted by atomic mass is 9.84. The summed E-state index contributed by atoms with van der Waals surface area (Å²) in [7, 11) is 0. The van der Waals surface area contributed by atoms with Crippen LogP contribution < -0.4 is 4.74 Å². The molecule has 0 spiro atoms. The van der Waals surface area contributed by atoms with Crippen molar-refractivity contribution in [2.24, 2.45) is 0 Å². The lowest BCUT2D eigenvalue weighted by Crippen LogP contribution is -2.26. The van der Waals surface area contributed by atoms with Crippen LogP contribution in [0.5, 0.6) is 11.5 Å². The van der Waals surface area contributed by atoms with E-state index in [4.69, 9.17) is 16.3 Å². The molecule has 1 saturated heterocycles. The average Bonchev–Trinajstić information content (AvgIpc) is 2.90. The standard InChI is InChI=1S/C18H16ClNO2/c1-11(21)20-9-15-13-4-2-3-5-17(13)22-18-7-6-12(19)8-14(18)16(15)10-20/h2-8,15-16H,9-10H2,1H3/t15-,16-/m1/s1. The molecule has 3 nitrogen and oxygen atoms in total. The maximum Gasteiger partial charge on any atom is 0.219 e. The van der Waals surface area contributed by atoms with Gasteiger partial charge in [-0.05, 0) is 24.3 Å². The Morgan fingerprint density at radius 1 is 1.09 bits per heavy atom. The largest absolute Gasteiger partial charge is 0.457 e. The first kappa shape index (κ1) is 13.6. The summed E-state index contributed by atoms with van der Waals surface area (Å²) < 4.78 is 6.13. The SMILES string of the molecule is CC(=O)N1C[C@@H]2c3ccccc3Oc3ccc(Cl)cc3[C@H]2C1. The average molecular weight is 314 g/mol. The van der Waals surface area contributed by atoms with Crippen LogP contribution in [-0.4, -0.2) is 23.9 Å². The normalized spacial score (nSPS) is 22.2. The number of ether oxygens (including phenoxy) is 1. The molecule has 4 rings (SSSR count). The van der Waals surface area contributed by atoms with E-state index in [1.807, 2.05) is 41.3 Å². The van der Waals surface area contributed by atoms with Gasteiger partial charge in [0, 0.05) is 48.0 Å². The van der Waals surface area contributed by atoms with E-state index in [-0.39, 0.29) is 17.7 Å². The van der Waals surface area contributed by atoms with Crippen molar-refractivity contribution >= 4 is 17.5 Å². The highest BCUT2D eigenvalue weighted by Crippen LogP contribution is 2.50. The van der Waals surface area contributed by atoms with Gasteiger partial charge < -0.3 is 9.64 Å². The van der Waals surface area contributed by atoms with Crippen LogP contribution in [0.1, 0.15) is 29.9 Å². The van der Waals surface area contributed by atoms with Crippen LogP contribution in [0, 0.1) is 0 Å². The molecule has 1 amide bonds. The van der Waals surface area contributed by atoms with Crippen LogP contribution in [0.15, 0.2) is 42.5 Å². The molecule has 2 aliphatic heterocycles. The highest BCUT2D eigenvalue weighted by molar-refractivity contribution is 6.30. The smallest absolute Gasteiger partial charge is 0.219 e. The van der Waals surface area contributed by atoms with E-state index in [0.29, 0.717) is 11.6 Å². The van der Waals surface area contributed by atoms with Crippen molar-refractivity contribution in [3.63, 3.8) is 0 Å². The zero-order chi connectivity index (χ0) is 15.3. The Balaban J connectivity index is 1.89. The molecule has 2 aromatic rings. The van der Waals surface area contributed by atoms with Crippen molar-refractivity contribution in [2.45, 2.75) is 18.8 Å². The van der Waals surface area contributed by atoms with Crippen LogP contribution >= 0.6 is 11.6 Å². The van der Waals surface area contributed by atoms with Crippen molar-refractivity contribution < 1.29 is 9.53 Å². The second kappa shape index (κ2) is 5.03. The van der Waals surface area contributed by atoms with Gasteiger partial charge in [0.1, 0.15) is 11.5 Å². The minimum atomic E-state index is 0.120. The van der Waals surface area contributed by atoms with E-state index in [1.54, 1.807) is 6.92 Å². The number of rotatable bonds is 0. The lowest BCUT2D eigenvalue weighted by molar-refractivity contribution is -0.127. The molecular formula is C18H16ClNO2. The molecule has 2 aliphatic rings. The number of hydrogen-bond acceptors (Lipinski definition) is 2. The molecule has 0 saturated carbocycles. The summed E-state index contributed by atoms with van der Waals surface area (Å²) in [5.41, 5.74) is 2.26. The number of nitrogens with zero attached hydrogens (tertiary/aromatic N) is 1. The molecular weight excluding hydrogens is 298 g/mol. The van der Waals surface area contributed by atoms with Gasteiger partial charge in [0.2, 0.25) is 5.91 Å². The van der Waals surface area contributed by atoms with Gasteiger partial charge in [0.05, 0.1) is 0 Å². The van der Waals surface area contributed by atoms with Crippen molar-refractivity contribution in [1.82, 2.24) is 4.90 Å². The monoisotopic (exact) mass is 313 g/mol. The van der Waals surface area contributed by atoms with Gasteiger partial charge in [-0.25, -0.2) is 0 Å². The fourth-order valence-electron chi connectivity index (χ4n) is 3.59. The Kier molecular flexibility index (Phi) is 3.12. The highest BCUT2D eigenvalue weighted by Gasteiger charge is 2.40. The topological polar surface area (TPSA) is 29.5 Å². The quantitative estimate of drug-likeness (QED) is 0.730. The van der Waals surface area contributed by atoms with Gasteiger partial charge in [-0.2, -0.15) is 0 Å². The molecule has 4 heteroatoms. The Morgan fingerprint density at radius 3 is 2.55 bits per heavy atom. The fourth-order valence-corrected chi connectivity index (χ4v) is 3.77. The molecule has 0 aromatic heterocycles. The number of hydrogen-bond donors (Lipinski definition) is 0. The summed E-state index contributed by atoms with van der Waals surface area (Å²) >= 11 is 6.19. The Hall–Kier alpha value is -2.00. The van der Waals surface area contributed by atoms with Crippen LogP contribution in [0.4, 0.5) is 0 Å². The second-order valence-corrected chi connectivity index (χ2v) is 6.40. The molecule has 1 fully saturated rings. The lowest BCUT2D eigenvalue weighted by Gasteiger charge is -2.16. The molecule has 22 heavy (non-hydrogen) atoms. The summed E-state index contributed by atoms with van der Waals surface area (Å²) in [6.45, 7) is 3.07. The summed E-state index contributed by atoms with van der Waals surface area (Å²) in [5, 5.41) is 0.702. The Bertz CT molecular complexity index is 759. The number of carbonyl (C=O) groups excluding carboxylic acids is 1. The molecule has 2 aromatic carbocycles. The van der Waals surface area contributed by atoms with E-state index in [9.17, 15) is 4.79 Å². The van der Waals surface area contributed by atoms with Crippen LogP contribution in [0.3, 0.4) is 0 Å². The van der Waals surface area contributed by atoms with Crippen molar-refractivity contribution in [1.29, 1.82) is 0 Å². The number of fused-ring (bicyclic) bond motifs is 5. The van der Waals surface area contributed by atoms with E-state index in [1.165, 1.54) is 5.56 Å². The summed E-state index contributed by atoms with van der Waals surface area (Å²) in [6, 6.07) is 13.8. The predicted octanol–water partition coefficient (Wildman–Crippen LogP) is 4.18. The van der Waals surface area contributed by atoms with Gasteiger partial charge >= 0.3 is 0 Å². The van der Waals surface area contributed by atoms with Crippen molar-refractivity contribution in [3.05, 3.63) is 58.6 Å². The Labute approximate surface area is 134 Å². The maximum atomic E-state index is 11.8. The minimum Gasteiger partial charge on any atom is -0.457 e. The first-order chi connectivity index (χ1) is 10.6. The molecule has 0 N–H and O–H groups in total. The molecule has 0 unspecified atom stereocenters. The number of halogens is 1. The van der Waals surface area contributed by atoms with Crippen molar-refractivity contribution in [2.75, 3.05) is 13.1 Å². The minimum absolute atomic E-state index is 0.120. The molecule has 2 atom stereocenters. The number of carbonyl (C=O) groups is 1. The maximum absolute atomic E-state index is 11.8. The van der Waals surface area contributed by atoms with E-state index < -0.39 is 0 Å². The van der Waals surface area contributed by atoms with Gasteiger partial charge in [0.15, 0.2) is 0 Å². The molecule has 0 aliphatic carbocycles. The van der Waals surface area contributed by atoms with Crippen LogP contribution in [0.25, 0.3) is 0 Å². The number of benzene rings is 2. The van der Waals surface area contributed by atoms with Gasteiger partial charge in [-0.3, -0.25) is 4.79 Å². The molecule has 112 valence electrons. The van der Waals surface area contributed by atoms with E-state index >= 15 is 0 Å². The second-order valence-electron chi connectivity index (χ2n) is 5.96. The van der Waals surface area contributed by atoms with Gasteiger partial charge in [-0.15, -0.1) is 0 Å². The zero-order valence-corrected chi connectivity index (χ0v) is 13.0. The third-order valence-electron chi connectivity index (χ3n) is 4.67. The Morgan fingerprint density at radius 2 is 1.77 bits per heavy atom. The highest BCUT2D eigenvalue weighted by atomic mass is 35.5. The van der Waals surface area contributed by atoms with Crippen LogP contribution in [-0.2, 0) is 4.79 Å². The van der Waals surface area contributed by atoms with Crippen molar-refractivity contribution in [3.8, 4) is 11.5 Å². The summed E-state index contributed by atoms with van der Waals surface area (Å²) in [5.74, 6) is 2.31. The summed E-state index contributed by atoms with van der Waals surface area (Å²) in [6.07, 6.45) is 0. The number of amides is 1. The van der Waals surface area contributed by atoms with Gasteiger partial charge in [-0.1, -0.05) is 29.8 Å². The molecule has 2 heterocycles. The zero-order valence-electron chi connectivity index (χ0n) is 12.3.